The van der Waals surface area contributed by atoms with Crippen molar-refractivity contribution in [3.63, 3.8) is 0 Å². The number of methoxy groups -OCH3 is 1. The van der Waals surface area contributed by atoms with Gasteiger partial charge in [-0.2, -0.15) is 0 Å². The van der Waals surface area contributed by atoms with Crippen molar-refractivity contribution in [3.8, 4) is 0 Å². The third-order valence-corrected chi connectivity index (χ3v) is 5.69. The number of amides is 2. The van der Waals surface area contributed by atoms with Crippen LogP contribution < -0.4 is 0 Å². The van der Waals surface area contributed by atoms with E-state index >= 15 is 0 Å². The molecule has 4 rings (SSSR count). The fourth-order valence-electron chi connectivity index (χ4n) is 4.13. The highest BCUT2D eigenvalue weighted by molar-refractivity contribution is 6.21. The quantitative estimate of drug-likeness (QED) is 0.490. The van der Waals surface area contributed by atoms with Crippen LogP contribution in [0.15, 0.2) is 54.6 Å². The van der Waals surface area contributed by atoms with Gasteiger partial charge in [-0.1, -0.05) is 30.3 Å². The summed E-state index contributed by atoms with van der Waals surface area (Å²) in [6.45, 7) is 0.745. The molecule has 10 nitrogen and oxygen atoms in total. The molecule has 5 atom stereocenters. The van der Waals surface area contributed by atoms with Gasteiger partial charge in [0.2, 0.25) is 0 Å². The monoisotopic (exact) mass is 469 g/mol. The SMILES string of the molecule is CO[C@@H]1O[C@H](COC(=O)c2ccccc2)[C@@H](O)[C@H](OC(C)=O)[C@H]1N1C(=O)c2ccccc2C1=O. The van der Waals surface area contributed by atoms with Gasteiger partial charge in [-0.05, 0) is 24.3 Å². The summed E-state index contributed by atoms with van der Waals surface area (Å²) in [5.74, 6) is -2.65. The normalized spacial score (nSPS) is 26.2. The van der Waals surface area contributed by atoms with E-state index < -0.39 is 54.4 Å². The largest absolute Gasteiger partial charge is 0.459 e. The highest BCUT2D eigenvalue weighted by Crippen LogP contribution is 2.34. The van der Waals surface area contributed by atoms with E-state index in [9.17, 15) is 24.3 Å². The molecular weight excluding hydrogens is 446 g/mol. The molecule has 2 aromatic rings. The van der Waals surface area contributed by atoms with Crippen LogP contribution in [0.1, 0.15) is 38.0 Å². The Labute approximate surface area is 195 Å². The number of imide groups is 1. The first-order valence-electron chi connectivity index (χ1n) is 10.6. The first-order chi connectivity index (χ1) is 16.3. The molecule has 2 amide bonds. The second-order valence-corrected chi connectivity index (χ2v) is 7.82. The maximum absolute atomic E-state index is 13.1. The van der Waals surface area contributed by atoms with E-state index in [0.29, 0.717) is 5.56 Å². The van der Waals surface area contributed by atoms with Gasteiger partial charge in [0.1, 0.15) is 24.9 Å². The van der Waals surface area contributed by atoms with Gasteiger partial charge in [0.05, 0.1) is 16.7 Å². The number of fused-ring (bicyclic) bond motifs is 1. The second kappa shape index (κ2) is 9.72. The molecule has 10 heteroatoms. The Kier molecular flexibility index (Phi) is 6.73. The number of esters is 2. The van der Waals surface area contributed by atoms with Gasteiger partial charge >= 0.3 is 11.9 Å². The molecule has 34 heavy (non-hydrogen) atoms. The van der Waals surface area contributed by atoms with Crippen molar-refractivity contribution in [2.24, 2.45) is 0 Å². The van der Waals surface area contributed by atoms with Gasteiger partial charge < -0.3 is 24.1 Å². The lowest BCUT2D eigenvalue weighted by Gasteiger charge is -2.45. The van der Waals surface area contributed by atoms with Crippen molar-refractivity contribution >= 4 is 23.8 Å². The average Bonchev–Trinajstić information content (AvgIpc) is 3.09. The average molecular weight is 469 g/mol. The summed E-state index contributed by atoms with van der Waals surface area (Å²) in [5.41, 5.74) is 0.659. The molecule has 1 saturated heterocycles. The fraction of sp³-hybridized carbons (Fsp3) is 0.333. The van der Waals surface area contributed by atoms with Crippen molar-refractivity contribution in [2.75, 3.05) is 13.7 Å². The van der Waals surface area contributed by atoms with Crippen LogP contribution in [-0.4, -0.2) is 78.1 Å². The van der Waals surface area contributed by atoms with E-state index in [4.69, 9.17) is 18.9 Å². The lowest BCUT2D eigenvalue weighted by atomic mass is 9.95. The van der Waals surface area contributed by atoms with Crippen LogP contribution >= 0.6 is 0 Å². The van der Waals surface area contributed by atoms with Crippen LogP contribution in [0.5, 0.6) is 0 Å². The van der Waals surface area contributed by atoms with Crippen LogP contribution in [0.4, 0.5) is 0 Å². The first-order valence-corrected chi connectivity index (χ1v) is 10.6. The zero-order valence-electron chi connectivity index (χ0n) is 18.5. The number of nitrogens with zero attached hydrogens (tertiary/aromatic N) is 1. The molecule has 1 fully saturated rings. The predicted octanol–water partition coefficient (Wildman–Crippen LogP) is 1.17. The maximum Gasteiger partial charge on any atom is 0.338 e. The first kappa shape index (κ1) is 23.6. The second-order valence-electron chi connectivity index (χ2n) is 7.82. The number of aliphatic hydroxyl groups excluding tert-OH is 1. The molecule has 1 N–H and O–H groups in total. The maximum atomic E-state index is 13.1. The Morgan fingerprint density at radius 1 is 1.00 bits per heavy atom. The predicted molar refractivity (Wildman–Crippen MR) is 115 cm³/mol. The number of rotatable bonds is 6. The molecule has 178 valence electrons. The van der Waals surface area contributed by atoms with E-state index in [2.05, 4.69) is 0 Å². The summed E-state index contributed by atoms with van der Waals surface area (Å²) in [7, 11) is 1.28. The number of aliphatic hydroxyl groups is 1. The Balaban J connectivity index is 1.59. The molecule has 0 bridgehead atoms. The number of ether oxygens (including phenoxy) is 4. The van der Waals surface area contributed by atoms with Gasteiger partial charge in [-0.25, -0.2) is 4.79 Å². The molecule has 0 aromatic heterocycles. The lowest BCUT2D eigenvalue weighted by molar-refractivity contribution is -0.275. The van der Waals surface area contributed by atoms with E-state index in [-0.39, 0.29) is 17.7 Å². The number of hydrogen-bond acceptors (Lipinski definition) is 9. The molecule has 0 saturated carbocycles. The van der Waals surface area contributed by atoms with Crippen LogP contribution in [0, 0.1) is 0 Å². The van der Waals surface area contributed by atoms with Gasteiger partial charge in [-0.15, -0.1) is 0 Å². The van der Waals surface area contributed by atoms with E-state index in [0.717, 1.165) is 11.8 Å². The van der Waals surface area contributed by atoms with Gasteiger partial charge in [-0.3, -0.25) is 19.3 Å². The Bertz CT molecular complexity index is 1070. The smallest absolute Gasteiger partial charge is 0.338 e. The molecule has 0 unspecified atom stereocenters. The summed E-state index contributed by atoms with van der Waals surface area (Å²) in [5, 5.41) is 11.0. The summed E-state index contributed by atoms with van der Waals surface area (Å²) in [4.78, 5) is 51.2. The van der Waals surface area contributed by atoms with Crippen molar-refractivity contribution in [1.29, 1.82) is 0 Å². The Morgan fingerprint density at radius 3 is 2.15 bits per heavy atom. The third kappa shape index (κ3) is 4.30. The minimum absolute atomic E-state index is 0.178. The molecule has 0 radical (unpaired) electrons. The van der Waals surface area contributed by atoms with Crippen molar-refractivity contribution < 1.29 is 43.2 Å². The molecule has 2 heterocycles. The van der Waals surface area contributed by atoms with Crippen molar-refractivity contribution in [3.05, 3.63) is 71.3 Å². The molecule has 2 aliphatic rings. The lowest BCUT2D eigenvalue weighted by Crippen LogP contribution is -2.66. The standard InChI is InChI=1S/C24H23NO9/c1-13(26)33-20-18(25-21(28)15-10-6-7-11-16(15)22(25)29)24(31-2)34-17(19(20)27)12-32-23(30)14-8-4-3-5-9-14/h3-11,17-20,24,27H,12H2,1-2H3/t17-,18-,19-,20-,24-/m1/s1. The minimum atomic E-state index is -1.53. The van der Waals surface area contributed by atoms with Crippen LogP contribution in [0.25, 0.3) is 0 Å². The van der Waals surface area contributed by atoms with Crippen LogP contribution in [0.3, 0.4) is 0 Å². The van der Waals surface area contributed by atoms with E-state index in [1.54, 1.807) is 42.5 Å². The van der Waals surface area contributed by atoms with Gasteiger partial charge in [0, 0.05) is 14.0 Å². The summed E-state index contributed by atoms with van der Waals surface area (Å²) in [6.07, 6.45) is -5.35. The fourth-order valence-corrected chi connectivity index (χ4v) is 4.13. The number of benzene rings is 2. The molecule has 2 aromatic carbocycles. The van der Waals surface area contributed by atoms with Crippen molar-refractivity contribution in [2.45, 2.75) is 37.6 Å². The van der Waals surface area contributed by atoms with Crippen LogP contribution in [0.2, 0.25) is 0 Å². The minimum Gasteiger partial charge on any atom is -0.459 e. The van der Waals surface area contributed by atoms with Crippen LogP contribution in [-0.2, 0) is 23.7 Å². The number of hydrogen-bond donors (Lipinski definition) is 1. The summed E-state index contributed by atoms with van der Waals surface area (Å²) in [6, 6.07) is 13.2. The Hall–Kier alpha value is -3.60. The molecule has 0 spiro atoms. The number of carbonyl (C=O) groups excluding carboxylic acids is 4. The Morgan fingerprint density at radius 2 is 1.59 bits per heavy atom. The highest BCUT2D eigenvalue weighted by atomic mass is 16.7. The molecular formula is C24H23NO9. The van der Waals surface area contributed by atoms with Gasteiger partial charge in [0.25, 0.3) is 11.8 Å². The summed E-state index contributed by atoms with van der Waals surface area (Å²) >= 11 is 0. The highest BCUT2D eigenvalue weighted by Gasteiger charge is 2.55. The number of carbonyl (C=O) groups is 4. The van der Waals surface area contributed by atoms with Gasteiger partial charge in [0.15, 0.2) is 12.4 Å². The molecule has 0 aliphatic carbocycles. The molecule has 2 aliphatic heterocycles. The van der Waals surface area contributed by atoms with E-state index in [1.807, 2.05) is 0 Å². The zero-order chi connectivity index (χ0) is 24.4. The van der Waals surface area contributed by atoms with Crippen molar-refractivity contribution in [1.82, 2.24) is 4.90 Å². The topological polar surface area (TPSA) is 129 Å². The zero-order valence-corrected chi connectivity index (χ0v) is 18.5. The summed E-state index contributed by atoms with van der Waals surface area (Å²) < 4.78 is 21.8. The van der Waals surface area contributed by atoms with E-state index in [1.165, 1.54) is 19.2 Å². The third-order valence-electron chi connectivity index (χ3n) is 5.69.